The van der Waals surface area contributed by atoms with E-state index >= 15 is 0 Å². The van der Waals surface area contributed by atoms with Crippen LogP contribution in [0.25, 0.3) is 0 Å². The van der Waals surface area contributed by atoms with Gasteiger partial charge in [-0.15, -0.1) is 0 Å². The number of anilines is 1. The van der Waals surface area contributed by atoms with Crippen LogP contribution in [0.1, 0.15) is 5.56 Å². The van der Waals surface area contributed by atoms with Gasteiger partial charge in [-0.2, -0.15) is 0 Å². The van der Waals surface area contributed by atoms with Crippen molar-refractivity contribution in [3.63, 3.8) is 0 Å². The smallest absolute Gasteiger partial charge is 0.134 e. The third kappa shape index (κ3) is 3.02. The van der Waals surface area contributed by atoms with E-state index in [-0.39, 0.29) is 5.75 Å². The molecule has 2 rings (SSSR count). The molecule has 0 aliphatic rings. The summed E-state index contributed by atoms with van der Waals surface area (Å²) in [5, 5.41) is 14.0. The first-order chi connectivity index (χ1) is 8.58. The Morgan fingerprint density at radius 3 is 2.22 bits per heavy atom. The third-order valence-corrected chi connectivity index (χ3v) is 3.49. The van der Waals surface area contributed by atoms with Gasteiger partial charge in [0, 0.05) is 27.8 Å². The van der Waals surface area contributed by atoms with Gasteiger partial charge in [-0.1, -0.05) is 40.9 Å². The monoisotopic (exact) mass is 301 g/mol. The molecule has 0 amide bonds. The molecule has 18 heavy (non-hydrogen) atoms. The lowest BCUT2D eigenvalue weighted by molar-refractivity contribution is 0.475. The van der Waals surface area contributed by atoms with Gasteiger partial charge in [-0.05, 0) is 30.3 Å². The molecule has 0 bridgehead atoms. The van der Waals surface area contributed by atoms with Gasteiger partial charge in [0.05, 0.1) is 5.02 Å². The summed E-state index contributed by atoms with van der Waals surface area (Å²) >= 11 is 17.9. The molecule has 2 aromatic rings. The maximum Gasteiger partial charge on any atom is 0.134 e. The first-order valence-corrected chi connectivity index (χ1v) is 6.36. The Morgan fingerprint density at radius 2 is 1.61 bits per heavy atom. The zero-order valence-corrected chi connectivity index (χ0v) is 11.5. The van der Waals surface area contributed by atoms with Crippen molar-refractivity contribution in [3.05, 3.63) is 57.0 Å². The van der Waals surface area contributed by atoms with Gasteiger partial charge in [0.2, 0.25) is 0 Å². The molecule has 94 valence electrons. The van der Waals surface area contributed by atoms with E-state index in [1.165, 1.54) is 6.07 Å². The van der Waals surface area contributed by atoms with Crippen molar-refractivity contribution in [1.82, 2.24) is 0 Å². The predicted molar refractivity (Wildman–Crippen MR) is 76.9 cm³/mol. The maximum atomic E-state index is 9.32. The number of hydrogen-bond donors (Lipinski definition) is 2. The van der Waals surface area contributed by atoms with Crippen LogP contribution in [0.3, 0.4) is 0 Å². The fraction of sp³-hybridized carbons (Fsp3) is 0.0769. The zero-order valence-electron chi connectivity index (χ0n) is 9.25. The van der Waals surface area contributed by atoms with Crippen molar-refractivity contribution >= 4 is 40.5 Å². The number of aromatic hydroxyl groups is 1. The van der Waals surface area contributed by atoms with Gasteiger partial charge in [0.25, 0.3) is 0 Å². The summed E-state index contributed by atoms with van der Waals surface area (Å²) in [6.45, 7) is 0.486. The SMILES string of the molecule is Oc1ccc(NCc2c(Cl)cccc2Cl)cc1Cl. The molecule has 0 atom stereocenters. The highest BCUT2D eigenvalue weighted by atomic mass is 35.5. The van der Waals surface area contributed by atoms with Crippen molar-refractivity contribution in [1.29, 1.82) is 0 Å². The van der Waals surface area contributed by atoms with E-state index in [2.05, 4.69) is 5.32 Å². The van der Waals surface area contributed by atoms with Crippen LogP contribution >= 0.6 is 34.8 Å². The van der Waals surface area contributed by atoms with Crippen LogP contribution in [0.5, 0.6) is 5.75 Å². The van der Waals surface area contributed by atoms with Crippen LogP contribution in [-0.2, 0) is 6.54 Å². The first kappa shape index (κ1) is 13.3. The van der Waals surface area contributed by atoms with Gasteiger partial charge < -0.3 is 10.4 Å². The highest BCUT2D eigenvalue weighted by Crippen LogP contribution is 2.28. The lowest BCUT2D eigenvalue weighted by Gasteiger charge is -2.10. The van der Waals surface area contributed by atoms with E-state index in [0.29, 0.717) is 21.6 Å². The topological polar surface area (TPSA) is 32.3 Å². The first-order valence-electron chi connectivity index (χ1n) is 5.23. The molecule has 0 spiro atoms. The van der Waals surface area contributed by atoms with E-state index in [1.54, 1.807) is 30.3 Å². The minimum Gasteiger partial charge on any atom is -0.506 e. The number of benzene rings is 2. The summed E-state index contributed by atoms with van der Waals surface area (Å²) in [6, 6.07) is 10.3. The molecule has 0 aliphatic heterocycles. The van der Waals surface area contributed by atoms with Crippen LogP contribution in [0.15, 0.2) is 36.4 Å². The Kier molecular flexibility index (Phi) is 4.23. The highest BCUT2D eigenvalue weighted by Gasteiger charge is 2.05. The number of hydrogen-bond acceptors (Lipinski definition) is 2. The molecular formula is C13H10Cl3NO. The summed E-state index contributed by atoms with van der Waals surface area (Å²) in [4.78, 5) is 0. The van der Waals surface area contributed by atoms with Crippen molar-refractivity contribution < 1.29 is 5.11 Å². The van der Waals surface area contributed by atoms with E-state index in [9.17, 15) is 5.11 Å². The van der Waals surface area contributed by atoms with E-state index < -0.39 is 0 Å². The molecule has 0 saturated carbocycles. The van der Waals surface area contributed by atoms with E-state index in [0.717, 1.165) is 11.3 Å². The van der Waals surface area contributed by atoms with Crippen LogP contribution < -0.4 is 5.32 Å². The highest BCUT2D eigenvalue weighted by molar-refractivity contribution is 6.36. The predicted octanol–water partition coefficient (Wildman–Crippen LogP) is 4.96. The fourth-order valence-corrected chi connectivity index (χ4v) is 2.22. The minimum atomic E-state index is 0.0537. The quantitative estimate of drug-likeness (QED) is 0.785. The molecule has 0 fully saturated rings. The Hall–Kier alpha value is -1.09. The lowest BCUT2D eigenvalue weighted by atomic mass is 10.2. The average molecular weight is 303 g/mol. The van der Waals surface area contributed by atoms with Crippen molar-refractivity contribution in [2.75, 3.05) is 5.32 Å². The Labute approximate surface area is 120 Å². The Bertz CT molecular complexity index is 552. The Balaban J connectivity index is 2.14. The van der Waals surface area contributed by atoms with Crippen LogP contribution in [0, 0.1) is 0 Å². The average Bonchev–Trinajstić information content (AvgIpc) is 2.33. The van der Waals surface area contributed by atoms with Gasteiger partial charge in [-0.3, -0.25) is 0 Å². The molecule has 2 N–H and O–H groups in total. The zero-order chi connectivity index (χ0) is 13.1. The molecule has 0 aromatic heterocycles. The Morgan fingerprint density at radius 1 is 0.944 bits per heavy atom. The van der Waals surface area contributed by atoms with Gasteiger partial charge in [-0.25, -0.2) is 0 Å². The van der Waals surface area contributed by atoms with Crippen molar-refractivity contribution in [2.45, 2.75) is 6.54 Å². The van der Waals surface area contributed by atoms with Crippen molar-refractivity contribution in [3.8, 4) is 5.75 Å². The summed E-state index contributed by atoms with van der Waals surface area (Å²) in [7, 11) is 0. The second kappa shape index (κ2) is 5.70. The molecule has 0 saturated heterocycles. The molecule has 0 heterocycles. The van der Waals surface area contributed by atoms with E-state index in [1.807, 2.05) is 0 Å². The van der Waals surface area contributed by atoms with Crippen molar-refractivity contribution in [2.24, 2.45) is 0 Å². The molecule has 2 nitrogen and oxygen atoms in total. The molecule has 0 radical (unpaired) electrons. The molecule has 2 aromatic carbocycles. The van der Waals surface area contributed by atoms with Gasteiger partial charge in [0.1, 0.15) is 5.75 Å². The molecule has 0 aliphatic carbocycles. The van der Waals surface area contributed by atoms with E-state index in [4.69, 9.17) is 34.8 Å². The van der Waals surface area contributed by atoms with Crippen LogP contribution in [0.4, 0.5) is 5.69 Å². The normalized spacial score (nSPS) is 10.4. The third-order valence-electron chi connectivity index (χ3n) is 2.48. The lowest BCUT2D eigenvalue weighted by Crippen LogP contribution is -2.00. The van der Waals surface area contributed by atoms with Crippen LogP contribution in [0.2, 0.25) is 15.1 Å². The maximum absolute atomic E-state index is 9.32. The van der Waals surface area contributed by atoms with Gasteiger partial charge >= 0.3 is 0 Å². The number of phenolic OH excluding ortho intramolecular Hbond substituents is 1. The number of nitrogens with one attached hydrogen (secondary N) is 1. The summed E-state index contributed by atoms with van der Waals surface area (Å²) in [6.07, 6.45) is 0. The fourth-order valence-electron chi connectivity index (χ4n) is 1.51. The van der Waals surface area contributed by atoms with Crippen LogP contribution in [-0.4, -0.2) is 5.11 Å². The summed E-state index contributed by atoms with van der Waals surface area (Å²) in [5.74, 6) is 0.0537. The molecular weight excluding hydrogens is 293 g/mol. The minimum absolute atomic E-state index is 0.0537. The second-order valence-electron chi connectivity index (χ2n) is 3.72. The molecule has 5 heteroatoms. The number of halogens is 3. The summed E-state index contributed by atoms with van der Waals surface area (Å²) < 4.78 is 0. The van der Waals surface area contributed by atoms with Gasteiger partial charge in [0.15, 0.2) is 0 Å². The number of rotatable bonds is 3. The summed E-state index contributed by atoms with van der Waals surface area (Å²) in [5.41, 5.74) is 1.61. The molecule has 0 unspecified atom stereocenters. The standard InChI is InChI=1S/C13H10Cl3NO/c14-10-2-1-3-11(15)9(10)7-17-8-4-5-13(18)12(16)6-8/h1-6,17-18H,7H2. The largest absolute Gasteiger partial charge is 0.506 e. The second-order valence-corrected chi connectivity index (χ2v) is 4.94. The number of phenols is 1.